The van der Waals surface area contributed by atoms with Gasteiger partial charge in [-0.15, -0.1) is 4.57 Å². The van der Waals surface area contributed by atoms with Crippen molar-refractivity contribution >= 4 is 16.9 Å². The lowest BCUT2D eigenvalue weighted by molar-refractivity contribution is -0.878. The van der Waals surface area contributed by atoms with Crippen molar-refractivity contribution in [3.05, 3.63) is 70.4 Å². The van der Waals surface area contributed by atoms with Crippen LogP contribution in [0.4, 0.5) is 10.2 Å². The number of rotatable bonds is 5. The third-order valence-corrected chi connectivity index (χ3v) is 7.01. The van der Waals surface area contributed by atoms with Crippen LogP contribution in [0.2, 0.25) is 0 Å². The molecule has 5 rings (SSSR count). The predicted molar refractivity (Wildman–Crippen MR) is 144 cm³/mol. The molecule has 38 heavy (non-hydrogen) atoms. The summed E-state index contributed by atoms with van der Waals surface area (Å²) in [5.41, 5.74) is 1.69. The van der Waals surface area contributed by atoms with E-state index in [-0.39, 0.29) is 29.2 Å². The van der Waals surface area contributed by atoms with Gasteiger partial charge in [-0.3, -0.25) is 0 Å². The predicted octanol–water partition coefficient (Wildman–Crippen LogP) is 3.55. The number of aromatic nitrogens is 5. The molecule has 0 amide bonds. The summed E-state index contributed by atoms with van der Waals surface area (Å²) in [6.07, 6.45) is 1.49. The molecular formula is C28H33FN7O2+. The van der Waals surface area contributed by atoms with Gasteiger partial charge in [-0.2, -0.15) is 4.98 Å². The summed E-state index contributed by atoms with van der Waals surface area (Å²) < 4.78 is 17.9. The largest absolute Gasteiger partial charge is 0.442 e. The van der Waals surface area contributed by atoms with Gasteiger partial charge in [0.2, 0.25) is 5.69 Å². The second kappa shape index (κ2) is 10.1. The first kappa shape index (κ1) is 25.7. The summed E-state index contributed by atoms with van der Waals surface area (Å²) in [6, 6.07) is 10.2. The molecule has 1 aliphatic rings. The average molecular weight is 519 g/mol. The van der Waals surface area contributed by atoms with Crippen LogP contribution >= 0.6 is 0 Å². The van der Waals surface area contributed by atoms with Gasteiger partial charge in [-0.1, -0.05) is 58.0 Å². The Hall–Kier alpha value is -3.92. The first-order valence-electron chi connectivity index (χ1n) is 13.0. The highest BCUT2D eigenvalue weighted by Gasteiger charge is 2.35. The monoisotopic (exact) mass is 518 g/mol. The van der Waals surface area contributed by atoms with Crippen molar-refractivity contribution in [1.82, 2.24) is 24.8 Å². The van der Waals surface area contributed by atoms with E-state index in [9.17, 15) is 10.0 Å². The molecule has 0 saturated carbocycles. The average Bonchev–Trinajstić information content (AvgIpc) is 2.89. The molecule has 0 radical (unpaired) electrons. The summed E-state index contributed by atoms with van der Waals surface area (Å²) in [7, 11) is 0. The quantitative estimate of drug-likeness (QED) is 0.308. The molecule has 2 N–H and O–H groups in total. The Bertz CT molecular complexity index is 1530. The van der Waals surface area contributed by atoms with Crippen molar-refractivity contribution in [2.75, 3.05) is 24.5 Å². The lowest BCUT2D eigenvalue weighted by atomic mass is 10.0. The molecule has 198 valence electrons. The van der Waals surface area contributed by atoms with Crippen LogP contribution in [0, 0.1) is 5.82 Å². The van der Waals surface area contributed by atoms with E-state index in [2.05, 4.69) is 20.3 Å². The molecule has 9 nitrogen and oxygen atoms in total. The number of piperazine rings is 1. The van der Waals surface area contributed by atoms with Crippen LogP contribution in [0.5, 0.6) is 0 Å². The van der Waals surface area contributed by atoms with E-state index in [1.54, 1.807) is 24.3 Å². The van der Waals surface area contributed by atoms with E-state index >= 15 is 4.39 Å². The maximum absolute atomic E-state index is 15.8. The maximum Gasteiger partial charge on any atom is 0.442 e. The van der Waals surface area contributed by atoms with Gasteiger partial charge in [0.05, 0.1) is 11.4 Å². The molecule has 3 aromatic heterocycles. The van der Waals surface area contributed by atoms with Gasteiger partial charge in [-0.05, 0) is 29.6 Å². The van der Waals surface area contributed by atoms with Gasteiger partial charge in [-0.25, -0.2) is 19.2 Å². The molecule has 4 aromatic rings. The summed E-state index contributed by atoms with van der Waals surface area (Å²) >= 11 is 0. The molecule has 0 unspecified atom stereocenters. The molecule has 1 aliphatic heterocycles. The highest BCUT2D eigenvalue weighted by Crippen LogP contribution is 2.33. The molecular weight excluding hydrogens is 485 g/mol. The number of nitrogens with one attached hydrogen (secondary N) is 1. The van der Waals surface area contributed by atoms with Gasteiger partial charge in [0.15, 0.2) is 17.3 Å². The summed E-state index contributed by atoms with van der Waals surface area (Å²) in [4.78, 5) is 29.5. The zero-order chi connectivity index (χ0) is 27.1. The molecule has 1 saturated heterocycles. The SMILES string of the molecule is CC(C)c1ncnc(C(C)C)c1-n1c(=O)nc(N2CCNC[C@@H]2C)c2cc(F)c(-c3ccccc3)[n+](O)c21. The Kier molecular flexibility index (Phi) is 6.83. The Labute approximate surface area is 220 Å². The van der Waals surface area contributed by atoms with E-state index in [1.165, 1.54) is 17.0 Å². The Morgan fingerprint density at radius 3 is 2.37 bits per heavy atom. The summed E-state index contributed by atoms with van der Waals surface area (Å²) in [5.74, 6) is -0.395. The molecule has 1 aromatic carbocycles. The van der Waals surface area contributed by atoms with Crippen LogP contribution in [0.1, 0.15) is 57.8 Å². The Morgan fingerprint density at radius 1 is 1.11 bits per heavy atom. The number of anilines is 1. The van der Waals surface area contributed by atoms with Crippen LogP contribution in [0.25, 0.3) is 28.0 Å². The molecule has 1 atom stereocenters. The lowest BCUT2D eigenvalue weighted by Gasteiger charge is -2.35. The van der Waals surface area contributed by atoms with Crippen molar-refractivity contribution in [3.8, 4) is 16.9 Å². The zero-order valence-corrected chi connectivity index (χ0v) is 22.3. The number of pyridine rings is 1. The van der Waals surface area contributed by atoms with Crippen LogP contribution < -0.4 is 20.6 Å². The topological polar surface area (TPSA) is 100 Å². The van der Waals surface area contributed by atoms with Crippen molar-refractivity contribution in [3.63, 3.8) is 0 Å². The van der Waals surface area contributed by atoms with Crippen LogP contribution in [-0.4, -0.2) is 50.4 Å². The van der Waals surface area contributed by atoms with Crippen molar-refractivity contribution in [2.24, 2.45) is 0 Å². The second-order valence-electron chi connectivity index (χ2n) is 10.4. The van der Waals surface area contributed by atoms with E-state index < -0.39 is 11.5 Å². The molecule has 0 spiro atoms. The van der Waals surface area contributed by atoms with Gasteiger partial charge < -0.3 is 15.4 Å². The Morgan fingerprint density at radius 2 is 1.76 bits per heavy atom. The van der Waals surface area contributed by atoms with E-state index in [0.717, 1.165) is 4.73 Å². The van der Waals surface area contributed by atoms with Crippen LogP contribution in [0.3, 0.4) is 0 Å². The normalized spacial score (nSPS) is 16.1. The van der Waals surface area contributed by atoms with Gasteiger partial charge in [0.1, 0.15) is 11.7 Å². The van der Waals surface area contributed by atoms with Gasteiger partial charge in [0.25, 0.3) is 0 Å². The summed E-state index contributed by atoms with van der Waals surface area (Å²) in [5, 5.41) is 15.4. The third-order valence-electron chi connectivity index (χ3n) is 7.01. The van der Waals surface area contributed by atoms with Gasteiger partial charge in [0, 0.05) is 31.2 Å². The smallest absolute Gasteiger partial charge is 0.350 e. The fourth-order valence-electron chi connectivity index (χ4n) is 5.17. The Balaban J connectivity index is 1.97. The number of nitrogens with zero attached hydrogens (tertiary/aromatic N) is 6. The minimum Gasteiger partial charge on any atom is -0.350 e. The molecule has 0 aliphatic carbocycles. The van der Waals surface area contributed by atoms with E-state index in [0.29, 0.717) is 53.5 Å². The molecule has 0 bridgehead atoms. The summed E-state index contributed by atoms with van der Waals surface area (Å²) in [6.45, 7) is 11.9. The molecule has 1 fully saturated rings. The number of halogens is 1. The second-order valence-corrected chi connectivity index (χ2v) is 10.4. The van der Waals surface area contributed by atoms with Crippen LogP contribution in [0.15, 0.2) is 47.5 Å². The van der Waals surface area contributed by atoms with Crippen molar-refractivity contribution in [2.45, 2.75) is 52.5 Å². The van der Waals surface area contributed by atoms with Crippen LogP contribution in [-0.2, 0) is 0 Å². The fourth-order valence-corrected chi connectivity index (χ4v) is 5.17. The molecule has 10 heteroatoms. The van der Waals surface area contributed by atoms with Crippen molar-refractivity contribution < 1.29 is 14.3 Å². The highest BCUT2D eigenvalue weighted by molar-refractivity contribution is 5.88. The number of fused-ring (bicyclic) bond motifs is 1. The first-order valence-corrected chi connectivity index (χ1v) is 13.0. The minimum atomic E-state index is -0.625. The van der Waals surface area contributed by atoms with Gasteiger partial charge >= 0.3 is 11.3 Å². The zero-order valence-electron chi connectivity index (χ0n) is 22.3. The standard InChI is InChI=1S/C28H33FN7O2/c1-16(2)22-25(23(17(3)4)32-15-31-22)35-27-20(26(33-28(35)37)34-12-11-30-14-18(34)5)13-21(29)24(36(27)38)19-9-7-6-8-10-19/h6-10,13,15-18,30,38H,11-12,14H2,1-5H3/q+1/t18-/m0/s1. The number of hydrogen-bond acceptors (Lipinski definition) is 7. The highest BCUT2D eigenvalue weighted by atomic mass is 19.1. The van der Waals surface area contributed by atoms with E-state index in [4.69, 9.17) is 0 Å². The van der Waals surface area contributed by atoms with E-state index in [1.807, 2.05) is 45.6 Å². The fraction of sp³-hybridized carbons (Fsp3) is 0.393. The number of benzene rings is 1. The third kappa shape index (κ3) is 4.28. The first-order chi connectivity index (χ1) is 18.2. The minimum absolute atomic E-state index is 0.0104. The molecule has 4 heterocycles. The number of hydrogen-bond donors (Lipinski definition) is 2. The maximum atomic E-state index is 15.8. The van der Waals surface area contributed by atoms with Crippen molar-refractivity contribution in [1.29, 1.82) is 0 Å². The lowest BCUT2D eigenvalue weighted by Crippen LogP contribution is -2.51.